The number of nitrogens with one attached hydrogen (secondary N) is 1. The van der Waals surface area contributed by atoms with Gasteiger partial charge in [0.15, 0.2) is 0 Å². The standard InChI is InChI=1S/C18H12ClN3O4/c19-15-9-12(1-3-14(15)18(24)25)16-4-2-13(26-16)10-21-22-17(23)11-5-7-20-8-6-11/h1-10H,(H,22,23)(H,24,25). The molecule has 26 heavy (non-hydrogen) atoms. The van der Waals surface area contributed by atoms with Crippen molar-refractivity contribution in [2.75, 3.05) is 0 Å². The minimum absolute atomic E-state index is 0.0163. The zero-order valence-electron chi connectivity index (χ0n) is 13.2. The number of benzene rings is 1. The zero-order valence-corrected chi connectivity index (χ0v) is 14.0. The molecule has 1 aromatic carbocycles. The number of carboxylic acids is 1. The second-order valence-electron chi connectivity index (χ2n) is 5.14. The first-order valence-electron chi connectivity index (χ1n) is 7.41. The second kappa shape index (κ2) is 7.62. The summed E-state index contributed by atoms with van der Waals surface area (Å²) in [6, 6.07) is 11.0. The van der Waals surface area contributed by atoms with Crippen molar-refractivity contribution in [2.24, 2.45) is 5.10 Å². The van der Waals surface area contributed by atoms with E-state index in [1.54, 1.807) is 30.3 Å². The lowest BCUT2D eigenvalue weighted by Gasteiger charge is -2.01. The molecule has 130 valence electrons. The molecule has 0 aliphatic carbocycles. The van der Waals surface area contributed by atoms with Crippen molar-refractivity contribution >= 4 is 29.7 Å². The van der Waals surface area contributed by atoms with Gasteiger partial charge in [0.05, 0.1) is 16.8 Å². The number of halogens is 1. The average Bonchev–Trinajstić information content (AvgIpc) is 3.11. The van der Waals surface area contributed by atoms with Gasteiger partial charge in [-0.25, -0.2) is 10.2 Å². The van der Waals surface area contributed by atoms with Gasteiger partial charge in [0.25, 0.3) is 5.91 Å². The second-order valence-corrected chi connectivity index (χ2v) is 5.54. The molecule has 2 aromatic heterocycles. The molecule has 0 unspecified atom stereocenters. The van der Waals surface area contributed by atoms with Crippen molar-refractivity contribution in [3.05, 3.63) is 76.8 Å². The number of pyridine rings is 1. The Labute approximate surface area is 152 Å². The molecule has 8 heteroatoms. The molecule has 1 amide bonds. The molecular weight excluding hydrogens is 358 g/mol. The average molecular weight is 370 g/mol. The van der Waals surface area contributed by atoms with E-state index < -0.39 is 5.97 Å². The predicted octanol–water partition coefficient (Wildman–Crippen LogP) is 3.46. The first kappa shape index (κ1) is 17.4. The van der Waals surface area contributed by atoms with Gasteiger partial charge in [0.1, 0.15) is 11.5 Å². The lowest BCUT2D eigenvalue weighted by atomic mass is 10.1. The van der Waals surface area contributed by atoms with Crippen molar-refractivity contribution in [1.82, 2.24) is 10.4 Å². The number of hydrazone groups is 1. The van der Waals surface area contributed by atoms with Crippen LogP contribution in [0.25, 0.3) is 11.3 Å². The minimum Gasteiger partial charge on any atom is -0.478 e. The first-order valence-corrected chi connectivity index (χ1v) is 7.79. The number of nitrogens with zero attached hydrogens (tertiary/aromatic N) is 2. The number of carbonyl (C=O) groups excluding carboxylic acids is 1. The normalized spacial score (nSPS) is 10.8. The summed E-state index contributed by atoms with van der Waals surface area (Å²) in [5, 5.41) is 12.9. The van der Waals surface area contributed by atoms with Gasteiger partial charge in [-0.15, -0.1) is 0 Å². The van der Waals surface area contributed by atoms with Crippen molar-refractivity contribution in [3.8, 4) is 11.3 Å². The van der Waals surface area contributed by atoms with E-state index in [4.69, 9.17) is 21.1 Å². The topological polar surface area (TPSA) is 105 Å². The molecule has 2 heterocycles. The maximum atomic E-state index is 11.8. The third-order valence-corrected chi connectivity index (χ3v) is 3.72. The van der Waals surface area contributed by atoms with Gasteiger partial charge in [-0.3, -0.25) is 9.78 Å². The highest BCUT2D eigenvalue weighted by Gasteiger charge is 2.11. The number of carboxylic acid groups (broad SMARTS) is 1. The number of amides is 1. The largest absolute Gasteiger partial charge is 0.478 e. The predicted molar refractivity (Wildman–Crippen MR) is 95.4 cm³/mol. The lowest BCUT2D eigenvalue weighted by Crippen LogP contribution is -2.17. The molecule has 0 atom stereocenters. The van der Waals surface area contributed by atoms with Gasteiger partial charge in [-0.05, 0) is 36.4 Å². The van der Waals surface area contributed by atoms with E-state index >= 15 is 0 Å². The van der Waals surface area contributed by atoms with Gasteiger partial charge in [0, 0.05) is 23.5 Å². The fourth-order valence-corrected chi connectivity index (χ4v) is 2.40. The van der Waals surface area contributed by atoms with Crippen LogP contribution in [0.1, 0.15) is 26.5 Å². The molecule has 0 aliphatic heterocycles. The Morgan fingerprint density at radius 1 is 1.15 bits per heavy atom. The van der Waals surface area contributed by atoms with Crippen LogP contribution in [-0.2, 0) is 0 Å². The van der Waals surface area contributed by atoms with Crippen LogP contribution in [-0.4, -0.2) is 28.2 Å². The SMILES string of the molecule is O=C(NN=Cc1ccc(-c2ccc(C(=O)O)c(Cl)c2)o1)c1ccncc1. The highest BCUT2D eigenvalue weighted by atomic mass is 35.5. The van der Waals surface area contributed by atoms with E-state index in [9.17, 15) is 9.59 Å². The maximum absolute atomic E-state index is 11.8. The molecule has 0 fully saturated rings. The lowest BCUT2D eigenvalue weighted by molar-refractivity contribution is 0.0696. The van der Waals surface area contributed by atoms with Gasteiger partial charge >= 0.3 is 5.97 Å². The van der Waals surface area contributed by atoms with E-state index in [1.807, 2.05) is 0 Å². The Balaban J connectivity index is 1.69. The monoisotopic (exact) mass is 369 g/mol. The molecule has 7 nitrogen and oxygen atoms in total. The van der Waals surface area contributed by atoms with E-state index in [0.29, 0.717) is 22.6 Å². The number of aromatic carboxylic acids is 1. The summed E-state index contributed by atoms with van der Waals surface area (Å²) in [5.41, 5.74) is 3.46. The van der Waals surface area contributed by atoms with E-state index in [2.05, 4.69) is 15.5 Å². The molecular formula is C18H12ClN3O4. The van der Waals surface area contributed by atoms with E-state index in [0.717, 1.165) is 0 Å². The molecule has 2 N–H and O–H groups in total. The summed E-state index contributed by atoms with van der Waals surface area (Å²) in [5.74, 6) is -0.565. The summed E-state index contributed by atoms with van der Waals surface area (Å²) in [7, 11) is 0. The Morgan fingerprint density at radius 2 is 1.92 bits per heavy atom. The molecule has 3 rings (SSSR count). The molecule has 0 saturated carbocycles. The number of hydrogen-bond acceptors (Lipinski definition) is 5. The van der Waals surface area contributed by atoms with Crippen LogP contribution in [0.15, 0.2) is 64.4 Å². The molecule has 0 radical (unpaired) electrons. The Kier molecular flexibility index (Phi) is 5.09. The molecule has 3 aromatic rings. The Bertz CT molecular complexity index is 983. The molecule has 0 aliphatic rings. The summed E-state index contributed by atoms with van der Waals surface area (Å²) in [6.45, 7) is 0. The Hall–Kier alpha value is -3.45. The van der Waals surface area contributed by atoms with Crippen LogP contribution < -0.4 is 5.43 Å². The third-order valence-electron chi connectivity index (χ3n) is 3.41. The van der Waals surface area contributed by atoms with Crippen LogP contribution in [0.2, 0.25) is 5.02 Å². The quantitative estimate of drug-likeness (QED) is 0.529. The van der Waals surface area contributed by atoms with Gasteiger partial charge < -0.3 is 9.52 Å². The van der Waals surface area contributed by atoms with Crippen LogP contribution >= 0.6 is 11.6 Å². The van der Waals surface area contributed by atoms with Crippen LogP contribution in [0.3, 0.4) is 0 Å². The van der Waals surface area contributed by atoms with E-state index in [-0.39, 0.29) is 16.5 Å². The summed E-state index contributed by atoms with van der Waals surface area (Å²) < 4.78 is 5.60. The number of carbonyl (C=O) groups is 2. The van der Waals surface area contributed by atoms with Crippen molar-refractivity contribution in [3.63, 3.8) is 0 Å². The van der Waals surface area contributed by atoms with Crippen LogP contribution in [0, 0.1) is 0 Å². The van der Waals surface area contributed by atoms with Crippen LogP contribution in [0.4, 0.5) is 0 Å². The number of furan rings is 1. The van der Waals surface area contributed by atoms with Crippen molar-refractivity contribution < 1.29 is 19.1 Å². The molecule has 0 spiro atoms. The van der Waals surface area contributed by atoms with Gasteiger partial charge in [-0.1, -0.05) is 17.7 Å². The van der Waals surface area contributed by atoms with Crippen LogP contribution in [0.5, 0.6) is 0 Å². The fourth-order valence-electron chi connectivity index (χ4n) is 2.14. The third kappa shape index (κ3) is 3.96. The van der Waals surface area contributed by atoms with E-state index in [1.165, 1.54) is 30.7 Å². The van der Waals surface area contributed by atoms with Crippen molar-refractivity contribution in [1.29, 1.82) is 0 Å². The first-order chi connectivity index (χ1) is 12.5. The number of rotatable bonds is 5. The van der Waals surface area contributed by atoms with Crippen molar-refractivity contribution in [2.45, 2.75) is 0 Å². The summed E-state index contributed by atoms with van der Waals surface area (Å²) >= 11 is 5.96. The summed E-state index contributed by atoms with van der Waals surface area (Å²) in [4.78, 5) is 26.7. The highest BCUT2D eigenvalue weighted by Crippen LogP contribution is 2.27. The molecule has 0 bridgehead atoms. The fraction of sp³-hybridized carbons (Fsp3) is 0. The zero-order chi connectivity index (χ0) is 18.5. The van der Waals surface area contributed by atoms with Gasteiger partial charge in [-0.2, -0.15) is 5.10 Å². The number of hydrogen-bond donors (Lipinski definition) is 2. The Morgan fingerprint density at radius 3 is 2.62 bits per heavy atom. The summed E-state index contributed by atoms with van der Waals surface area (Å²) in [6.07, 6.45) is 4.38. The smallest absolute Gasteiger partial charge is 0.337 e. The molecule has 0 saturated heterocycles. The maximum Gasteiger partial charge on any atom is 0.337 e. The minimum atomic E-state index is -1.10. The van der Waals surface area contributed by atoms with Gasteiger partial charge in [0.2, 0.25) is 0 Å². The number of aromatic nitrogens is 1. The highest BCUT2D eigenvalue weighted by molar-refractivity contribution is 6.33.